The summed E-state index contributed by atoms with van der Waals surface area (Å²) in [5, 5.41) is 10.9. The van der Waals surface area contributed by atoms with Crippen LogP contribution in [0.15, 0.2) is 67.1 Å². The van der Waals surface area contributed by atoms with Gasteiger partial charge in [-0.15, -0.1) is 0 Å². The molecule has 1 aliphatic rings. The van der Waals surface area contributed by atoms with Crippen LogP contribution in [0.1, 0.15) is 36.2 Å². The number of hydrogen-bond acceptors (Lipinski definition) is 6. The van der Waals surface area contributed by atoms with Crippen LogP contribution in [0.25, 0.3) is 10.8 Å². The van der Waals surface area contributed by atoms with Crippen molar-refractivity contribution in [3.63, 3.8) is 0 Å². The van der Waals surface area contributed by atoms with Gasteiger partial charge in [-0.25, -0.2) is 9.97 Å². The van der Waals surface area contributed by atoms with Crippen molar-refractivity contribution in [2.45, 2.75) is 25.7 Å². The highest BCUT2D eigenvalue weighted by Crippen LogP contribution is 2.36. The lowest BCUT2D eigenvalue weighted by atomic mass is 9.79. The number of carbonyl (C=O) groups excluding carboxylic acids is 2. The third-order valence-corrected chi connectivity index (χ3v) is 5.68. The Morgan fingerprint density at radius 1 is 1.06 bits per heavy atom. The average molecular weight is 438 g/mol. The van der Waals surface area contributed by atoms with Crippen LogP contribution >= 0.6 is 0 Å². The highest BCUT2D eigenvalue weighted by atomic mass is 16.2. The fourth-order valence-corrected chi connectivity index (χ4v) is 4.01. The zero-order valence-corrected chi connectivity index (χ0v) is 18.2. The topological polar surface area (TPSA) is 109 Å². The maximum Gasteiger partial charge on any atom is 0.260 e. The molecule has 0 fully saturated rings. The molecule has 164 valence electrons. The summed E-state index contributed by atoms with van der Waals surface area (Å²) in [7, 11) is 0. The first kappa shape index (κ1) is 20.6. The molecule has 1 aromatic carbocycles. The minimum Gasteiger partial charge on any atom is -0.340 e. The molecule has 2 amide bonds. The molecule has 0 aliphatic carbocycles. The van der Waals surface area contributed by atoms with Crippen LogP contribution in [-0.2, 0) is 10.2 Å². The molecule has 0 spiro atoms. The summed E-state index contributed by atoms with van der Waals surface area (Å²) < 4.78 is 0. The Bertz CT molecular complexity index is 1400. The molecule has 0 unspecified atom stereocenters. The molecule has 8 nitrogen and oxygen atoms in total. The van der Waals surface area contributed by atoms with Crippen LogP contribution < -0.4 is 16.0 Å². The second-order valence-corrected chi connectivity index (χ2v) is 8.62. The molecule has 33 heavy (non-hydrogen) atoms. The van der Waals surface area contributed by atoms with Gasteiger partial charge in [-0.3, -0.25) is 14.6 Å². The number of fused-ring (bicyclic) bond motifs is 2. The van der Waals surface area contributed by atoms with Crippen LogP contribution in [-0.4, -0.2) is 26.8 Å². The van der Waals surface area contributed by atoms with Gasteiger partial charge >= 0.3 is 0 Å². The van der Waals surface area contributed by atoms with Crippen molar-refractivity contribution < 1.29 is 9.59 Å². The molecule has 8 heteroatoms. The third kappa shape index (κ3) is 4.10. The number of nitrogens with zero attached hydrogens (tertiary/aromatic N) is 3. The monoisotopic (exact) mass is 438 g/mol. The van der Waals surface area contributed by atoms with Crippen molar-refractivity contribution in [3.8, 4) is 0 Å². The highest BCUT2D eigenvalue weighted by molar-refractivity contribution is 6.07. The molecule has 0 radical (unpaired) electrons. The van der Waals surface area contributed by atoms with Crippen LogP contribution in [0.4, 0.5) is 23.1 Å². The molecule has 3 aromatic heterocycles. The molecular weight excluding hydrogens is 416 g/mol. The van der Waals surface area contributed by atoms with E-state index in [-0.39, 0.29) is 17.2 Å². The molecule has 1 aliphatic heterocycles. The van der Waals surface area contributed by atoms with E-state index >= 15 is 0 Å². The van der Waals surface area contributed by atoms with E-state index in [1.807, 2.05) is 44.2 Å². The van der Waals surface area contributed by atoms with Gasteiger partial charge < -0.3 is 16.0 Å². The normalized spacial score (nSPS) is 14.3. The minimum absolute atomic E-state index is 0.0900. The number of hydrogen-bond donors (Lipinski definition) is 3. The quantitative estimate of drug-likeness (QED) is 0.428. The summed E-state index contributed by atoms with van der Waals surface area (Å²) in [5.74, 6) is 0.798. The summed E-state index contributed by atoms with van der Waals surface area (Å²) >= 11 is 0. The second kappa shape index (κ2) is 7.98. The van der Waals surface area contributed by atoms with Gasteiger partial charge in [-0.1, -0.05) is 26.0 Å². The molecule has 0 bridgehead atoms. The fraction of sp³-hybridized carbons (Fsp3) is 0.160. The van der Waals surface area contributed by atoms with E-state index < -0.39 is 0 Å². The number of rotatable bonds is 4. The first-order valence-electron chi connectivity index (χ1n) is 10.6. The van der Waals surface area contributed by atoms with Gasteiger partial charge in [0.05, 0.1) is 5.56 Å². The first-order valence-corrected chi connectivity index (χ1v) is 10.6. The lowest BCUT2D eigenvalue weighted by Gasteiger charge is -2.31. The predicted molar refractivity (Wildman–Crippen MR) is 128 cm³/mol. The van der Waals surface area contributed by atoms with E-state index in [1.54, 1.807) is 36.8 Å². The zero-order valence-electron chi connectivity index (χ0n) is 18.2. The summed E-state index contributed by atoms with van der Waals surface area (Å²) in [6.07, 6.45) is 5.55. The van der Waals surface area contributed by atoms with Crippen molar-refractivity contribution in [2.75, 3.05) is 16.0 Å². The van der Waals surface area contributed by atoms with Gasteiger partial charge in [0, 0.05) is 47.1 Å². The summed E-state index contributed by atoms with van der Waals surface area (Å²) in [5.41, 5.74) is 1.78. The van der Waals surface area contributed by atoms with E-state index in [2.05, 4.69) is 30.9 Å². The Labute approximate surface area is 190 Å². The number of benzene rings is 1. The Morgan fingerprint density at radius 2 is 1.94 bits per heavy atom. The smallest absolute Gasteiger partial charge is 0.260 e. The van der Waals surface area contributed by atoms with Crippen LogP contribution in [0.3, 0.4) is 0 Å². The van der Waals surface area contributed by atoms with E-state index in [0.29, 0.717) is 29.4 Å². The molecule has 0 atom stereocenters. The number of anilines is 4. The number of carbonyl (C=O) groups is 2. The SMILES string of the molecule is CC1(C)CC(=O)Nc2nc(NC(=O)c3cccnc3Nc3ccc4ccncc4c3)ccc21. The standard InChI is InChI=1S/C25H22N6O2/c1-25(2)13-21(32)31-23-19(25)7-8-20(29-23)30-24(33)18-4-3-10-27-22(18)28-17-6-5-15-9-11-26-14-16(15)12-17/h3-12,14H,13H2,1-2H3,(H,27,28)(H2,29,30,31,32,33). The molecule has 3 N–H and O–H groups in total. The van der Waals surface area contributed by atoms with E-state index in [1.165, 1.54) is 0 Å². The van der Waals surface area contributed by atoms with Crippen LogP contribution in [0.2, 0.25) is 0 Å². The Morgan fingerprint density at radius 3 is 2.82 bits per heavy atom. The Balaban J connectivity index is 1.40. The molecular formula is C25H22N6O2. The van der Waals surface area contributed by atoms with Crippen molar-refractivity contribution in [1.29, 1.82) is 0 Å². The van der Waals surface area contributed by atoms with Crippen LogP contribution in [0.5, 0.6) is 0 Å². The van der Waals surface area contributed by atoms with Crippen molar-refractivity contribution >= 4 is 45.7 Å². The molecule has 4 heterocycles. The number of pyridine rings is 3. The lowest BCUT2D eigenvalue weighted by Crippen LogP contribution is -2.33. The third-order valence-electron chi connectivity index (χ3n) is 5.68. The van der Waals surface area contributed by atoms with Crippen molar-refractivity contribution in [2.24, 2.45) is 0 Å². The Kier molecular flexibility index (Phi) is 4.97. The maximum atomic E-state index is 13.1. The molecule has 0 saturated carbocycles. The van der Waals surface area contributed by atoms with E-state index in [4.69, 9.17) is 0 Å². The predicted octanol–water partition coefficient (Wildman–Crippen LogP) is 4.64. The van der Waals surface area contributed by atoms with E-state index in [0.717, 1.165) is 22.0 Å². The van der Waals surface area contributed by atoms with Gasteiger partial charge in [0.15, 0.2) is 0 Å². The minimum atomic E-state index is -0.359. The largest absolute Gasteiger partial charge is 0.340 e. The van der Waals surface area contributed by atoms with Gasteiger partial charge in [0.2, 0.25) is 5.91 Å². The van der Waals surface area contributed by atoms with Crippen molar-refractivity contribution in [1.82, 2.24) is 15.0 Å². The number of nitrogens with one attached hydrogen (secondary N) is 3. The Hall–Kier alpha value is -4.33. The van der Waals surface area contributed by atoms with Crippen molar-refractivity contribution in [3.05, 3.63) is 78.2 Å². The summed E-state index contributed by atoms with van der Waals surface area (Å²) in [6, 6.07) is 14.8. The maximum absolute atomic E-state index is 13.1. The van der Waals surface area contributed by atoms with Gasteiger partial charge in [-0.05, 0) is 41.8 Å². The van der Waals surface area contributed by atoms with Gasteiger partial charge in [-0.2, -0.15) is 0 Å². The second-order valence-electron chi connectivity index (χ2n) is 8.62. The summed E-state index contributed by atoms with van der Waals surface area (Å²) in [6.45, 7) is 4.00. The summed E-state index contributed by atoms with van der Waals surface area (Å²) in [4.78, 5) is 38.1. The zero-order chi connectivity index (χ0) is 23.0. The van der Waals surface area contributed by atoms with E-state index in [9.17, 15) is 9.59 Å². The average Bonchev–Trinajstić information content (AvgIpc) is 2.78. The number of amides is 2. The number of aromatic nitrogens is 3. The molecule has 0 saturated heterocycles. The molecule has 5 rings (SSSR count). The highest BCUT2D eigenvalue weighted by Gasteiger charge is 2.33. The van der Waals surface area contributed by atoms with Gasteiger partial charge in [0.25, 0.3) is 5.91 Å². The first-order chi connectivity index (χ1) is 15.9. The van der Waals surface area contributed by atoms with Crippen LogP contribution in [0, 0.1) is 0 Å². The molecule has 4 aromatic rings. The fourth-order valence-electron chi connectivity index (χ4n) is 4.01. The lowest BCUT2D eigenvalue weighted by molar-refractivity contribution is -0.117. The van der Waals surface area contributed by atoms with Gasteiger partial charge in [0.1, 0.15) is 17.5 Å².